The Hall–Kier alpha value is -0.480. The van der Waals surface area contributed by atoms with E-state index in [9.17, 15) is 4.79 Å². The molecule has 4 heteroatoms. The summed E-state index contributed by atoms with van der Waals surface area (Å²) in [5.41, 5.74) is 2.43. The smallest absolute Gasteiger partial charge is 0.333 e. The molecular weight excluding hydrogens is 276 g/mol. The summed E-state index contributed by atoms with van der Waals surface area (Å²) >= 11 is 4.99. The Balaban J connectivity index is 2.32. The minimum atomic E-state index is -0.627. The van der Waals surface area contributed by atoms with E-state index in [0.717, 1.165) is 4.90 Å². The molecule has 0 aromatic heterocycles. The van der Waals surface area contributed by atoms with Crippen LogP contribution in [0.5, 0.6) is 0 Å². The van der Waals surface area contributed by atoms with Crippen LogP contribution < -0.4 is 0 Å². The summed E-state index contributed by atoms with van der Waals surface area (Å²) in [6, 6.07) is 6.23. The van der Waals surface area contributed by atoms with Crippen molar-refractivity contribution < 1.29 is 9.53 Å². The van der Waals surface area contributed by atoms with Gasteiger partial charge in [0, 0.05) is 11.3 Å². The lowest BCUT2D eigenvalue weighted by molar-refractivity contribution is -0.140. The zero-order chi connectivity index (χ0) is 11.1. The van der Waals surface area contributed by atoms with Crippen LogP contribution >= 0.6 is 27.7 Å². The van der Waals surface area contributed by atoms with Gasteiger partial charge in [0.25, 0.3) is 0 Å². The molecule has 0 amide bonds. The van der Waals surface area contributed by atoms with Crippen molar-refractivity contribution in [1.82, 2.24) is 0 Å². The maximum absolute atomic E-state index is 11.6. The molecule has 0 fully saturated rings. The van der Waals surface area contributed by atoms with Crippen LogP contribution in [0.4, 0.5) is 0 Å². The van der Waals surface area contributed by atoms with Gasteiger partial charge in [0.2, 0.25) is 0 Å². The zero-order valence-electron chi connectivity index (χ0n) is 8.54. The summed E-state index contributed by atoms with van der Waals surface area (Å²) in [4.78, 5) is 12.8. The fourth-order valence-corrected chi connectivity index (χ4v) is 3.80. The first-order chi connectivity index (χ1) is 7.05. The number of benzene rings is 1. The van der Waals surface area contributed by atoms with E-state index in [1.165, 1.54) is 30.0 Å². The maximum atomic E-state index is 11.6. The second-order valence-electron chi connectivity index (χ2n) is 3.61. The summed E-state index contributed by atoms with van der Waals surface area (Å²) in [6.07, 6.45) is 0.682. The summed E-state index contributed by atoms with van der Waals surface area (Å²) in [5, 5.41) is 0. The molecule has 1 unspecified atom stereocenters. The van der Waals surface area contributed by atoms with Crippen LogP contribution in [0.3, 0.4) is 0 Å². The van der Waals surface area contributed by atoms with Crippen molar-refractivity contribution >= 4 is 33.7 Å². The van der Waals surface area contributed by atoms with Gasteiger partial charge in [0.05, 0.1) is 7.11 Å². The number of hydrogen-bond acceptors (Lipinski definition) is 3. The first kappa shape index (κ1) is 11.0. The summed E-state index contributed by atoms with van der Waals surface area (Å²) in [5.74, 6) is -0.221. The van der Waals surface area contributed by atoms with Crippen LogP contribution in [0.2, 0.25) is 0 Å². The Morgan fingerprint density at radius 2 is 2.33 bits per heavy atom. The monoisotopic (exact) mass is 286 g/mol. The van der Waals surface area contributed by atoms with E-state index in [4.69, 9.17) is 4.74 Å². The van der Waals surface area contributed by atoms with Gasteiger partial charge < -0.3 is 4.74 Å². The molecule has 1 aliphatic heterocycles. The van der Waals surface area contributed by atoms with Crippen molar-refractivity contribution in [2.24, 2.45) is 0 Å². The van der Waals surface area contributed by atoms with E-state index in [1.54, 1.807) is 0 Å². The predicted octanol–water partition coefficient (Wildman–Crippen LogP) is 2.91. The van der Waals surface area contributed by atoms with Gasteiger partial charge in [-0.25, -0.2) is 4.79 Å². The van der Waals surface area contributed by atoms with Gasteiger partial charge in [0.1, 0.15) is 0 Å². The van der Waals surface area contributed by atoms with E-state index < -0.39 is 3.66 Å². The van der Waals surface area contributed by atoms with Gasteiger partial charge in [-0.3, -0.25) is 0 Å². The van der Waals surface area contributed by atoms with E-state index in [-0.39, 0.29) is 5.97 Å². The Bertz CT molecular complexity index is 419. The highest BCUT2D eigenvalue weighted by atomic mass is 79.9. The molecule has 2 nitrogen and oxygen atoms in total. The van der Waals surface area contributed by atoms with Crippen molar-refractivity contribution in [2.75, 3.05) is 7.11 Å². The Morgan fingerprint density at radius 1 is 1.60 bits per heavy atom. The minimum absolute atomic E-state index is 0.221. The van der Waals surface area contributed by atoms with Crippen molar-refractivity contribution in [3.63, 3.8) is 0 Å². The molecule has 80 valence electrons. The van der Waals surface area contributed by atoms with Gasteiger partial charge >= 0.3 is 5.97 Å². The number of thioether (sulfide) groups is 1. The number of methoxy groups -OCH3 is 1. The van der Waals surface area contributed by atoms with Gasteiger partial charge in [-0.1, -0.05) is 45.4 Å². The normalized spacial score (nSPS) is 23.7. The lowest BCUT2D eigenvalue weighted by Gasteiger charge is -2.16. The molecule has 1 aromatic carbocycles. The third-order valence-corrected chi connectivity index (χ3v) is 4.74. The van der Waals surface area contributed by atoms with Crippen LogP contribution in [0.15, 0.2) is 23.1 Å². The molecular formula is C11H11BrO2S. The summed E-state index contributed by atoms with van der Waals surface area (Å²) in [7, 11) is 1.42. The first-order valence-electron chi connectivity index (χ1n) is 4.61. The molecule has 0 saturated heterocycles. The zero-order valence-corrected chi connectivity index (χ0v) is 10.9. The van der Waals surface area contributed by atoms with Crippen molar-refractivity contribution in [1.29, 1.82) is 0 Å². The topological polar surface area (TPSA) is 26.3 Å². The lowest BCUT2D eigenvalue weighted by Crippen LogP contribution is -2.28. The number of carbonyl (C=O) groups is 1. The molecule has 2 rings (SSSR count). The first-order valence-corrected chi connectivity index (χ1v) is 6.22. The van der Waals surface area contributed by atoms with Crippen molar-refractivity contribution in [3.8, 4) is 0 Å². The van der Waals surface area contributed by atoms with Gasteiger partial charge in [0.15, 0.2) is 3.66 Å². The second-order valence-corrected chi connectivity index (χ2v) is 6.83. The Labute approximate surface area is 102 Å². The molecule has 0 spiro atoms. The lowest BCUT2D eigenvalue weighted by atomic mass is 10.1. The van der Waals surface area contributed by atoms with E-state index in [0.29, 0.717) is 6.42 Å². The molecule has 0 bridgehead atoms. The third-order valence-electron chi connectivity index (χ3n) is 2.40. The molecule has 1 heterocycles. The van der Waals surface area contributed by atoms with Crippen LogP contribution in [0.25, 0.3) is 0 Å². The van der Waals surface area contributed by atoms with E-state index in [1.807, 2.05) is 0 Å². The summed E-state index contributed by atoms with van der Waals surface area (Å²) < 4.78 is 4.16. The van der Waals surface area contributed by atoms with Crippen LogP contribution in [-0.4, -0.2) is 16.7 Å². The maximum Gasteiger partial charge on any atom is 0.333 e. The SMILES string of the molecule is COC(=O)C1(Br)Cc2cc(C)ccc2S1. The molecule has 15 heavy (non-hydrogen) atoms. The highest BCUT2D eigenvalue weighted by molar-refractivity contribution is 9.12. The number of carbonyl (C=O) groups excluding carboxylic acids is 1. The van der Waals surface area contributed by atoms with E-state index in [2.05, 4.69) is 41.1 Å². The number of rotatable bonds is 1. The third kappa shape index (κ3) is 1.93. The number of ether oxygens (including phenoxy) is 1. The second kappa shape index (κ2) is 3.83. The molecule has 1 atom stereocenters. The largest absolute Gasteiger partial charge is 0.467 e. The number of alkyl halides is 1. The standard InChI is InChI=1S/C11H11BrO2S/c1-7-3-4-9-8(5-7)6-11(12,15-9)10(13)14-2/h3-5H,6H2,1-2H3. The number of halogens is 1. The minimum Gasteiger partial charge on any atom is -0.467 e. The highest BCUT2D eigenvalue weighted by Gasteiger charge is 2.43. The fourth-order valence-electron chi connectivity index (χ4n) is 1.67. The molecule has 1 aliphatic rings. The Kier molecular flexibility index (Phi) is 2.81. The van der Waals surface area contributed by atoms with Gasteiger partial charge in [-0.2, -0.15) is 0 Å². The van der Waals surface area contributed by atoms with Crippen LogP contribution in [0, 0.1) is 6.92 Å². The molecule has 0 aliphatic carbocycles. The number of esters is 1. The quantitative estimate of drug-likeness (QED) is 0.587. The molecule has 1 aromatic rings. The van der Waals surface area contributed by atoms with E-state index >= 15 is 0 Å². The fraction of sp³-hybridized carbons (Fsp3) is 0.364. The highest BCUT2D eigenvalue weighted by Crippen LogP contribution is 2.49. The van der Waals surface area contributed by atoms with Crippen LogP contribution in [0.1, 0.15) is 11.1 Å². The average molecular weight is 287 g/mol. The molecule has 0 N–H and O–H groups in total. The van der Waals surface area contributed by atoms with Crippen molar-refractivity contribution in [2.45, 2.75) is 21.9 Å². The van der Waals surface area contributed by atoms with Gasteiger partial charge in [-0.15, -0.1) is 0 Å². The number of fused-ring (bicyclic) bond motifs is 1. The Morgan fingerprint density at radius 3 is 3.00 bits per heavy atom. The predicted molar refractivity (Wildman–Crippen MR) is 64.4 cm³/mol. The number of hydrogen-bond donors (Lipinski definition) is 0. The molecule has 0 saturated carbocycles. The van der Waals surface area contributed by atoms with Crippen LogP contribution in [-0.2, 0) is 16.0 Å². The van der Waals surface area contributed by atoms with Crippen molar-refractivity contribution in [3.05, 3.63) is 29.3 Å². The van der Waals surface area contributed by atoms with Gasteiger partial charge in [-0.05, 0) is 18.6 Å². The summed E-state index contributed by atoms with van der Waals surface area (Å²) in [6.45, 7) is 2.05. The number of aryl methyl sites for hydroxylation is 1. The molecule has 0 radical (unpaired) electrons. The average Bonchev–Trinajstić information content (AvgIpc) is 2.53.